The Balaban J connectivity index is 1.86. The Kier molecular flexibility index (Phi) is 5.47. The predicted octanol–water partition coefficient (Wildman–Crippen LogP) is 4.38. The zero-order valence-corrected chi connectivity index (χ0v) is 15.5. The molecule has 0 saturated heterocycles. The highest BCUT2D eigenvalue weighted by Gasteiger charge is 2.06. The first-order valence-corrected chi connectivity index (χ1v) is 8.61. The first-order chi connectivity index (χ1) is 12.0. The molecule has 0 radical (unpaired) electrons. The third-order valence-electron chi connectivity index (χ3n) is 3.12. The second kappa shape index (κ2) is 7.77. The van der Waals surface area contributed by atoms with Crippen LogP contribution < -0.4 is 16.0 Å². The molecule has 0 saturated carbocycles. The Bertz CT molecular complexity index is 913. The Labute approximate surface area is 160 Å². The highest BCUT2D eigenvalue weighted by Crippen LogP contribution is 2.25. The summed E-state index contributed by atoms with van der Waals surface area (Å²) in [4.78, 5) is 13.2. The molecule has 3 rings (SSSR count). The van der Waals surface area contributed by atoms with Crippen molar-refractivity contribution in [2.45, 2.75) is 6.92 Å². The maximum absolute atomic E-state index is 6.01. The van der Waals surface area contributed by atoms with E-state index in [9.17, 15) is 0 Å². The lowest BCUT2D eigenvalue weighted by atomic mass is 10.3. The zero-order chi connectivity index (χ0) is 17.8. The van der Waals surface area contributed by atoms with E-state index in [0.717, 1.165) is 6.54 Å². The number of nitrogens with one attached hydrogen (secondary N) is 3. The monoisotopic (exact) mass is 392 g/mol. The number of hydrogen-bond donors (Lipinski definition) is 3. The highest BCUT2D eigenvalue weighted by atomic mass is 35.5. The largest absolute Gasteiger partial charge is 0.363 e. The minimum absolute atomic E-state index is 0.488. The number of halogens is 2. The second-order valence-electron chi connectivity index (χ2n) is 5.06. The molecule has 0 aliphatic heterocycles. The minimum atomic E-state index is 0.488. The highest BCUT2D eigenvalue weighted by molar-refractivity contribution is 7.80. The van der Waals surface area contributed by atoms with Gasteiger partial charge >= 0.3 is 0 Å². The number of benzene rings is 1. The quantitative estimate of drug-likeness (QED) is 0.568. The molecule has 2 aromatic heterocycles. The molecule has 2 heterocycles. The molecule has 0 bridgehead atoms. The first-order valence-electron chi connectivity index (χ1n) is 7.45. The minimum Gasteiger partial charge on any atom is -0.363 e. The summed E-state index contributed by atoms with van der Waals surface area (Å²) in [6.45, 7) is 2.70. The van der Waals surface area contributed by atoms with E-state index < -0.39 is 0 Å². The number of thiocarbonyl (C=S) groups is 1. The Morgan fingerprint density at radius 2 is 1.80 bits per heavy atom. The third kappa shape index (κ3) is 4.66. The summed E-state index contributed by atoms with van der Waals surface area (Å²) in [5.74, 6) is 1.13. The van der Waals surface area contributed by atoms with Crippen LogP contribution in [0.3, 0.4) is 0 Å². The van der Waals surface area contributed by atoms with Crippen molar-refractivity contribution in [1.82, 2.24) is 20.3 Å². The lowest BCUT2D eigenvalue weighted by Crippen LogP contribution is -2.28. The average Bonchev–Trinajstić information content (AvgIpc) is 2.53. The van der Waals surface area contributed by atoms with E-state index in [0.29, 0.717) is 43.6 Å². The molecule has 3 N–H and O–H groups in total. The Morgan fingerprint density at radius 3 is 2.52 bits per heavy atom. The van der Waals surface area contributed by atoms with E-state index in [1.54, 1.807) is 30.5 Å². The Morgan fingerprint density at radius 1 is 1.08 bits per heavy atom. The summed E-state index contributed by atoms with van der Waals surface area (Å²) >= 11 is 17.2. The predicted molar refractivity (Wildman–Crippen MR) is 107 cm³/mol. The lowest BCUT2D eigenvalue weighted by Gasteiger charge is -2.09. The van der Waals surface area contributed by atoms with E-state index >= 15 is 0 Å². The second-order valence-corrected chi connectivity index (χ2v) is 6.34. The van der Waals surface area contributed by atoms with Crippen LogP contribution in [0.4, 0.5) is 17.3 Å². The number of fused-ring (bicyclic) bond motifs is 1. The zero-order valence-electron chi connectivity index (χ0n) is 13.2. The summed E-state index contributed by atoms with van der Waals surface area (Å²) in [5, 5.41) is 10.7. The molecule has 1 aromatic carbocycles. The number of nitrogens with zero attached hydrogens (tertiary/aromatic N) is 3. The molecule has 128 valence electrons. The van der Waals surface area contributed by atoms with Crippen molar-refractivity contribution in [3.05, 3.63) is 46.6 Å². The number of anilines is 3. The van der Waals surface area contributed by atoms with Crippen LogP contribution in [0.15, 0.2) is 36.5 Å². The van der Waals surface area contributed by atoms with Gasteiger partial charge < -0.3 is 16.0 Å². The topological polar surface area (TPSA) is 74.8 Å². The normalized spacial score (nSPS) is 10.5. The fourth-order valence-corrected chi connectivity index (χ4v) is 2.90. The van der Waals surface area contributed by atoms with Gasteiger partial charge in [0, 0.05) is 22.3 Å². The third-order valence-corrected chi connectivity index (χ3v) is 3.80. The van der Waals surface area contributed by atoms with Gasteiger partial charge in [0.1, 0.15) is 11.3 Å². The fourth-order valence-electron chi connectivity index (χ4n) is 2.12. The van der Waals surface area contributed by atoms with Gasteiger partial charge in [-0.1, -0.05) is 23.2 Å². The van der Waals surface area contributed by atoms with Crippen molar-refractivity contribution in [2.24, 2.45) is 0 Å². The van der Waals surface area contributed by atoms with Crippen LogP contribution in [-0.4, -0.2) is 26.6 Å². The molecule has 0 aliphatic carbocycles. The molecule has 0 fully saturated rings. The van der Waals surface area contributed by atoms with Crippen molar-refractivity contribution >= 4 is 69.0 Å². The molecule has 6 nitrogen and oxygen atoms in total. The number of hydrogen-bond acceptors (Lipinski definition) is 5. The van der Waals surface area contributed by atoms with E-state index in [2.05, 4.69) is 30.9 Å². The summed E-state index contributed by atoms with van der Waals surface area (Å²) in [6.07, 6.45) is 1.62. The van der Waals surface area contributed by atoms with Crippen molar-refractivity contribution < 1.29 is 0 Å². The summed E-state index contributed by atoms with van der Waals surface area (Å²) < 4.78 is 0. The van der Waals surface area contributed by atoms with Crippen LogP contribution in [-0.2, 0) is 0 Å². The maximum Gasteiger partial charge on any atom is 0.182 e. The SMILES string of the molecule is CCNC(=S)Nc1ccc2ncc(Nc3cc(Cl)cc(Cl)c3)nc2n1. The summed E-state index contributed by atoms with van der Waals surface area (Å²) in [6, 6.07) is 8.78. The first kappa shape index (κ1) is 17.6. The fraction of sp³-hybridized carbons (Fsp3) is 0.125. The van der Waals surface area contributed by atoms with E-state index in [-0.39, 0.29) is 0 Å². The molecule has 0 atom stereocenters. The molecule has 25 heavy (non-hydrogen) atoms. The van der Waals surface area contributed by atoms with Crippen LogP contribution in [0, 0.1) is 0 Å². The number of aromatic nitrogens is 3. The molecule has 3 aromatic rings. The standard InChI is InChI=1S/C16H14Cl2N6S/c1-2-19-16(25)24-13-4-3-12-15(22-13)23-14(8-20-12)21-11-6-9(17)5-10(18)7-11/h3-8H,2H2,1H3,(H3,19,21,22,23,24,25). The molecular weight excluding hydrogens is 379 g/mol. The van der Waals surface area contributed by atoms with Gasteiger partial charge in [-0.15, -0.1) is 0 Å². The lowest BCUT2D eigenvalue weighted by molar-refractivity contribution is 0.978. The van der Waals surface area contributed by atoms with Crippen molar-refractivity contribution in [3.8, 4) is 0 Å². The van der Waals surface area contributed by atoms with Crippen LogP contribution in [0.1, 0.15) is 6.92 Å². The number of pyridine rings is 1. The molecule has 9 heteroatoms. The smallest absolute Gasteiger partial charge is 0.182 e. The molecule has 0 amide bonds. The van der Waals surface area contributed by atoms with Crippen molar-refractivity contribution in [1.29, 1.82) is 0 Å². The summed E-state index contributed by atoms with van der Waals surface area (Å²) in [7, 11) is 0. The van der Waals surface area contributed by atoms with Gasteiger partial charge in [-0.3, -0.25) is 0 Å². The molecule has 0 unspecified atom stereocenters. The van der Waals surface area contributed by atoms with Crippen LogP contribution in [0.2, 0.25) is 10.0 Å². The van der Waals surface area contributed by atoms with Gasteiger partial charge in [-0.25, -0.2) is 15.0 Å². The van der Waals surface area contributed by atoms with Crippen molar-refractivity contribution in [2.75, 3.05) is 17.2 Å². The van der Waals surface area contributed by atoms with Gasteiger partial charge in [-0.05, 0) is 49.5 Å². The van der Waals surface area contributed by atoms with Crippen LogP contribution in [0.25, 0.3) is 11.2 Å². The van der Waals surface area contributed by atoms with E-state index in [1.165, 1.54) is 0 Å². The van der Waals surface area contributed by atoms with Crippen LogP contribution >= 0.6 is 35.4 Å². The van der Waals surface area contributed by atoms with Gasteiger partial charge in [0.2, 0.25) is 0 Å². The van der Waals surface area contributed by atoms with Gasteiger partial charge in [0.15, 0.2) is 16.6 Å². The number of rotatable bonds is 4. The molecule has 0 spiro atoms. The van der Waals surface area contributed by atoms with Gasteiger partial charge in [0.25, 0.3) is 0 Å². The van der Waals surface area contributed by atoms with Gasteiger partial charge in [-0.2, -0.15) is 0 Å². The summed E-state index contributed by atoms with van der Waals surface area (Å²) in [5.41, 5.74) is 1.88. The van der Waals surface area contributed by atoms with Crippen molar-refractivity contribution in [3.63, 3.8) is 0 Å². The van der Waals surface area contributed by atoms with E-state index in [4.69, 9.17) is 35.4 Å². The van der Waals surface area contributed by atoms with Crippen LogP contribution in [0.5, 0.6) is 0 Å². The maximum atomic E-state index is 6.01. The Hall–Kier alpha value is -2.22. The van der Waals surface area contributed by atoms with Gasteiger partial charge in [0.05, 0.1) is 6.20 Å². The molecule has 0 aliphatic rings. The average molecular weight is 393 g/mol. The molecular formula is C16H14Cl2N6S. The van der Waals surface area contributed by atoms with E-state index in [1.807, 2.05) is 13.0 Å².